The summed E-state index contributed by atoms with van der Waals surface area (Å²) in [6, 6.07) is 0. The quantitative estimate of drug-likeness (QED) is 0.468. The minimum absolute atomic E-state index is 0.442. The first-order valence-electron chi connectivity index (χ1n) is 4.86. The van der Waals surface area contributed by atoms with Crippen LogP contribution in [0, 0.1) is 11.8 Å². The van der Waals surface area contributed by atoms with Gasteiger partial charge in [0, 0.05) is 6.42 Å². The summed E-state index contributed by atoms with van der Waals surface area (Å²) in [5.74, 6) is 0.916. The van der Waals surface area contributed by atoms with Gasteiger partial charge in [-0.05, 0) is 25.7 Å². The highest BCUT2D eigenvalue weighted by molar-refractivity contribution is 5.49. The molecule has 0 radical (unpaired) electrons. The molecule has 0 spiro atoms. The molecule has 1 heteroatoms. The van der Waals surface area contributed by atoms with Crippen molar-refractivity contribution in [3.05, 3.63) is 23.8 Å². The maximum Gasteiger partial charge on any atom is 0.120 e. The first-order chi connectivity index (χ1) is 6.11. The van der Waals surface area contributed by atoms with Gasteiger partial charge in [-0.3, -0.25) is 0 Å². The zero-order valence-corrected chi connectivity index (χ0v) is 9.08. The van der Waals surface area contributed by atoms with Crippen molar-refractivity contribution in [2.24, 2.45) is 11.8 Å². The molecule has 1 nitrogen and oxygen atoms in total. The molecule has 2 atom stereocenters. The van der Waals surface area contributed by atoms with E-state index in [0.717, 1.165) is 6.29 Å². The number of carbonyl (C=O) groups excluding carboxylic acids is 1. The molecule has 2 unspecified atom stereocenters. The van der Waals surface area contributed by atoms with Gasteiger partial charge in [0.1, 0.15) is 6.29 Å². The van der Waals surface area contributed by atoms with Gasteiger partial charge in [0.2, 0.25) is 0 Å². The van der Waals surface area contributed by atoms with Gasteiger partial charge in [-0.1, -0.05) is 37.6 Å². The molecule has 74 valence electrons. The Morgan fingerprint density at radius 2 is 2.00 bits per heavy atom. The average Bonchev–Trinajstić information content (AvgIpc) is 2.05. The van der Waals surface area contributed by atoms with Crippen LogP contribution in [-0.2, 0) is 4.79 Å². The van der Waals surface area contributed by atoms with Crippen LogP contribution in [0.25, 0.3) is 0 Å². The van der Waals surface area contributed by atoms with Crippen LogP contribution < -0.4 is 0 Å². The molecule has 0 bridgehead atoms. The summed E-state index contributed by atoms with van der Waals surface area (Å²) in [6.07, 6.45) is 7.99. The molecule has 13 heavy (non-hydrogen) atoms. The van der Waals surface area contributed by atoms with Crippen LogP contribution in [0.15, 0.2) is 23.8 Å². The summed E-state index contributed by atoms with van der Waals surface area (Å²) < 4.78 is 0. The molecule has 0 saturated heterocycles. The molecule has 0 rings (SSSR count). The number of rotatable bonds is 5. The highest BCUT2D eigenvalue weighted by Gasteiger charge is 2.08. The Balaban J connectivity index is 4.17. The lowest BCUT2D eigenvalue weighted by Gasteiger charge is -2.13. The van der Waals surface area contributed by atoms with Crippen molar-refractivity contribution in [3.63, 3.8) is 0 Å². The number of allylic oxidation sites excluding steroid dienone is 4. The summed E-state index contributed by atoms with van der Waals surface area (Å²) >= 11 is 0. The summed E-state index contributed by atoms with van der Waals surface area (Å²) in [7, 11) is 0. The molecule has 0 fully saturated rings. The minimum atomic E-state index is 0.442. The second-order valence-corrected chi connectivity index (χ2v) is 3.65. The highest BCUT2D eigenvalue weighted by atomic mass is 16.1. The smallest absolute Gasteiger partial charge is 0.120 e. The molecule has 0 aromatic rings. The van der Waals surface area contributed by atoms with E-state index >= 15 is 0 Å². The third-order valence-electron chi connectivity index (χ3n) is 2.32. The normalized spacial score (nSPS) is 17.4. The van der Waals surface area contributed by atoms with Crippen LogP contribution in [0.3, 0.4) is 0 Å². The Kier molecular flexibility index (Phi) is 6.21. The monoisotopic (exact) mass is 180 g/mol. The Labute approximate surface area is 81.5 Å². The van der Waals surface area contributed by atoms with Gasteiger partial charge in [0.25, 0.3) is 0 Å². The molecule has 0 aromatic carbocycles. The molecule has 0 N–H and O–H groups in total. The van der Waals surface area contributed by atoms with Gasteiger partial charge >= 0.3 is 0 Å². The van der Waals surface area contributed by atoms with Crippen molar-refractivity contribution in [2.45, 2.75) is 34.1 Å². The largest absolute Gasteiger partial charge is 0.303 e. The third kappa shape index (κ3) is 5.40. The van der Waals surface area contributed by atoms with Crippen LogP contribution in [0.4, 0.5) is 0 Å². The lowest BCUT2D eigenvalue weighted by atomic mass is 9.92. The van der Waals surface area contributed by atoms with Gasteiger partial charge in [-0.15, -0.1) is 0 Å². The molecule has 0 aliphatic carbocycles. The fourth-order valence-electron chi connectivity index (χ4n) is 1.26. The fraction of sp³-hybridized carbons (Fsp3) is 0.583. The standard InChI is InChI=1S/C12H20O/c1-5-6-10(2)9-12(4)11(3)7-8-13/h5-6,8-9,11-12H,7H2,1-4H3. The molecule has 0 amide bonds. The van der Waals surface area contributed by atoms with E-state index in [4.69, 9.17) is 0 Å². The summed E-state index contributed by atoms with van der Waals surface area (Å²) in [5, 5.41) is 0. The predicted molar refractivity (Wildman–Crippen MR) is 57.6 cm³/mol. The first-order valence-corrected chi connectivity index (χ1v) is 4.86. The zero-order chi connectivity index (χ0) is 10.3. The van der Waals surface area contributed by atoms with Crippen LogP contribution >= 0.6 is 0 Å². The zero-order valence-electron chi connectivity index (χ0n) is 9.08. The minimum Gasteiger partial charge on any atom is -0.303 e. The molecule has 0 aliphatic heterocycles. The average molecular weight is 180 g/mol. The van der Waals surface area contributed by atoms with E-state index in [1.165, 1.54) is 5.57 Å². The Morgan fingerprint density at radius 1 is 1.38 bits per heavy atom. The van der Waals surface area contributed by atoms with Crippen LogP contribution in [0.5, 0.6) is 0 Å². The second kappa shape index (κ2) is 6.64. The van der Waals surface area contributed by atoms with Crippen molar-refractivity contribution in [3.8, 4) is 0 Å². The van der Waals surface area contributed by atoms with Gasteiger partial charge in [-0.2, -0.15) is 0 Å². The number of aldehydes is 1. The van der Waals surface area contributed by atoms with E-state index in [0.29, 0.717) is 18.3 Å². The van der Waals surface area contributed by atoms with E-state index in [1.54, 1.807) is 0 Å². The van der Waals surface area contributed by atoms with E-state index in [-0.39, 0.29) is 0 Å². The highest BCUT2D eigenvalue weighted by Crippen LogP contribution is 2.17. The van der Waals surface area contributed by atoms with Crippen molar-refractivity contribution < 1.29 is 4.79 Å². The SMILES string of the molecule is CC=CC(C)=CC(C)C(C)CC=O. The Bertz CT molecular complexity index is 201. The van der Waals surface area contributed by atoms with Crippen molar-refractivity contribution >= 4 is 6.29 Å². The second-order valence-electron chi connectivity index (χ2n) is 3.65. The van der Waals surface area contributed by atoms with Crippen molar-refractivity contribution in [2.75, 3.05) is 0 Å². The van der Waals surface area contributed by atoms with E-state index in [2.05, 4.69) is 32.9 Å². The number of hydrogen-bond donors (Lipinski definition) is 0. The Morgan fingerprint density at radius 3 is 2.46 bits per heavy atom. The summed E-state index contributed by atoms with van der Waals surface area (Å²) in [6.45, 7) is 8.36. The molecule has 0 heterocycles. The Hall–Kier alpha value is -0.850. The van der Waals surface area contributed by atoms with E-state index in [1.807, 2.05) is 13.0 Å². The summed E-state index contributed by atoms with van der Waals surface area (Å²) in [5.41, 5.74) is 1.27. The molecular weight excluding hydrogens is 160 g/mol. The number of hydrogen-bond acceptors (Lipinski definition) is 1. The lowest BCUT2D eigenvalue weighted by Crippen LogP contribution is -2.06. The van der Waals surface area contributed by atoms with E-state index in [9.17, 15) is 4.79 Å². The van der Waals surface area contributed by atoms with Gasteiger partial charge in [-0.25, -0.2) is 0 Å². The third-order valence-corrected chi connectivity index (χ3v) is 2.32. The number of carbonyl (C=O) groups is 1. The van der Waals surface area contributed by atoms with Crippen LogP contribution in [0.2, 0.25) is 0 Å². The molecule has 0 aromatic heterocycles. The topological polar surface area (TPSA) is 17.1 Å². The van der Waals surface area contributed by atoms with Crippen LogP contribution in [-0.4, -0.2) is 6.29 Å². The van der Waals surface area contributed by atoms with Gasteiger partial charge < -0.3 is 4.79 Å². The van der Waals surface area contributed by atoms with Crippen molar-refractivity contribution in [1.82, 2.24) is 0 Å². The first kappa shape index (κ1) is 12.2. The van der Waals surface area contributed by atoms with Crippen molar-refractivity contribution in [1.29, 1.82) is 0 Å². The maximum atomic E-state index is 10.3. The molecule has 0 saturated carbocycles. The fourth-order valence-corrected chi connectivity index (χ4v) is 1.26. The summed E-state index contributed by atoms with van der Waals surface area (Å²) in [4.78, 5) is 10.3. The van der Waals surface area contributed by atoms with Gasteiger partial charge in [0.15, 0.2) is 0 Å². The maximum absolute atomic E-state index is 10.3. The lowest BCUT2D eigenvalue weighted by molar-refractivity contribution is -0.108. The molecule has 0 aliphatic rings. The van der Waals surface area contributed by atoms with E-state index < -0.39 is 0 Å². The predicted octanol–water partition coefficient (Wildman–Crippen LogP) is 3.37. The van der Waals surface area contributed by atoms with Crippen LogP contribution in [0.1, 0.15) is 34.1 Å². The van der Waals surface area contributed by atoms with Gasteiger partial charge in [0.05, 0.1) is 0 Å². The molecular formula is C12H20O.